The van der Waals surface area contributed by atoms with Crippen LogP contribution in [0.2, 0.25) is 0 Å². The topological polar surface area (TPSA) is 89.3 Å². The van der Waals surface area contributed by atoms with E-state index in [-0.39, 0.29) is 12.3 Å². The van der Waals surface area contributed by atoms with Crippen LogP contribution in [0.5, 0.6) is 0 Å². The molecule has 0 radical (unpaired) electrons. The maximum atomic E-state index is 11.7. The summed E-state index contributed by atoms with van der Waals surface area (Å²) in [6.45, 7) is 3.74. The number of rotatable bonds is 5. The standard InChI is InChI=1S/C12H18N2O3S/c1-9-4-3-5-10(2)12(9)14-11(15)8-18(16,17)7-6-13/h3-5H,6-8,13H2,1-2H3,(H,14,15). The second-order valence-electron chi connectivity index (χ2n) is 4.20. The molecule has 1 amide bonds. The number of nitrogens with one attached hydrogen (secondary N) is 1. The summed E-state index contributed by atoms with van der Waals surface area (Å²) in [5.74, 6) is -1.23. The van der Waals surface area contributed by atoms with Gasteiger partial charge in [-0.25, -0.2) is 8.42 Å². The van der Waals surface area contributed by atoms with Crippen molar-refractivity contribution in [1.82, 2.24) is 0 Å². The Kier molecular flexibility index (Phi) is 4.86. The Morgan fingerprint density at radius 2 is 1.83 bits per heavy atom. The fourth-order valence-electron chi connectivity index (χ4n) is 1.64. The van der Waals surface area contributed by atoms with Gasteiger partial charge >= 0.3 is 0 Å². The lowest BCUT2D eigenvalue weighted by Crippen LogP contribution is -2.27. The Balaban J connectivity index is 2.77. The van der Waals surface area contributed by atoms with E-state index in [9.17, 15) is 13.2 Å². The molecule has 0 saturated heterocycles. The van der Waals surface area contributed by atoms with Crippen molar-refractivity contribution in [3.63, 3.8) is 0 Å². The molecular formula is C12H18N2O3S. The second kappa shape index (κ2) is 5.97. The number of carbonyl (C=O) groups excluding carboxylic acids is 1. The van der Waals surface area contributed by atoms with Gasteiger partial charge in [-0.3, -0.25) is 4.79 Å². The molecule has 0 aliphatic rings. The van der Waals surface area contributed by atoms with Crippen LogP contribution in [0.1, 0.15) is 11.1 Å². The lowest BCUT2D eigenvalue weighted by molar-refractivity contribution is -0.113. The van der Waals surface area contributed by atoms with E-state index >= 15 is 0 Å². The second-order valence-corrected chi connectivity index (χ2v) is 6.38. The molecule has 18 heavy (non-hydrogen) atoms. The molecule has 3 N–H and O–H groups in total. The third-order valence-electron chi connectivity index (χ3n) is 2.53. The maximum Gasteiger partial charge on any atom is 0.239 e. The smallest absolute Gasteiger partial charge is 0.239 e. The fourth-order valence-corrected chi connectivity index (χ4v) is 2.61. The predicted octanol–water partition coefficient (Wildman–Crippen LogP) is 0.615. The van der Waals surface area contributed by atoms with Crippen molar-refractivity contribution in [2.45, 2.75) is 13.8 Å². The van der Waals surface area contributed by atoms with Crippen LogP contribution in [0.3, 0.4) is 0 Å². The van der Waals surface area contributed by atoms with Crippen molar-refractivity contribution in [2.75, 3.05) is 23.4 Å². The molecule has 1 aromatic carbocycles. The summed E-state index contributed by atoms with van der Waals surface area (Å²) in [7, 11) is -3.41. The summed E-state index contributed by atoms with van der Waals surface area (Å²) in [5.41, 5.74) is 7.66. The zero-order chi connectivity index (χ0) is 13.8. The lowest BCUT2D eigenvalue weighted by Gasteiger charge is -2.11. The first-order chi connectivity index (χ1) is 8.35. The highest BCUT2D eigenvalue weighted by atomic mass is 32.2. The van der Waals surface area contributed by atoms with Crippen LogP contribution in [0, 0.1) is 13.8 Å². The van der Waals surface area contributed by atoms with Crippen LogP contribution in [-0.4, -0.2) is 32.4 Å². The first-order valence-corrected chi connectivity index (χ1v) is 7.44. The number of anilines is 1. The minimum Gasteiger partial charge on any atom is -0.329 e. The SMILES string of the molecule is Cc1cccc(C)c1NC(=O)CS(=O)(=O)CCN. The molecule has 0 fully saturated rings. The Morgan fingerprint density at radius 3 is 2.33 bits per heavy atom. The Hall–Kier alpha value is -1.40. The van der Waals surface area contributed by atoms with Crippen molar-refractivity contribution in [3.05, 3.63) is 29.3 Å². The van der Waals surface area contributed by atoms with Crippen LogP contribution in [0.25, 0.3) is 0 Å². The summed E-state index contributed by atoms with van der Waals surface area (Å²) in [4.78, 5) is 11.7. The van der Waals surface area contributed by atoms with Crippen molar-refractivity contribution >= 4 is 21.4 Å². The summed E-state index contributed by atoms with van der Waals surface area (Å²) >= 11 is 0. The zero-order valence-corrected chi connectivity index (χ0v) is 11.4. The largest absolute Gasteiger partial charge is 0.329 e. The number of aryl methyl sites for hydroxylation is 2. The van der Waals surface area contributed by atoms with Gasteiger partial charge in [0.05, 0.1) is 5.75 Å². The quantitative estimate of drug-likeness (QED) is 0.820. The summed E-state index contributed by atoms with van der Waals surface area (Å²) in [5, 5.41) is 2.63. The average molecular weight is 270 g/mol. The molecule has 0 aliphatic carbocycles. The highest BCUT2D eigenvalue weighted by Gasteiger charge is 2.16. The lowest BCUT2D eigenvalue weighted by atomic mass is 10.1. The number of nitrogens with two attached hydrogens (primary N) is 1. The number of hydrogen-bond donors (Lipinski definition) is 2. The molecule has 5 nitrogen and oxygen atoms in total. The Labute approximate surface area is 107 Å². The van der Waals surface area contributed by atoms with E-state index in [1.54, 1.807) is 0 Å². The molecule has 1 rings (SSSR count). The third-order valence-corrected chi connectivity index (χ3v) is 4.09. The van der Waals surface area contributed by atoms with Crippen LogP contribution in [-0.2, 0) is 14.6 Å². The zero-order valence-electron chi connectivity index (χ0n) is 10.6. The summed E-state index contributed by atoms with van der Waals surface area (Å²) in [6.07, 6.45) is 0. The van der Waals surface area contributed by atoms with Gasteiger partial charge in [0.1, 0.15) is 5.75 Å². The van der Waals surface area contributed by atoms with Crippen LogP contribution in [0.15, 0.2) is 18.2 Å². The number of para-hydroxylation sites is 1. The van der Waals surface area contributed by atoms with Crippen LogP contribution < -0.4 is 11.1 Å². The van der Waals surface area contributed by atoms with Gasteiger partial charge in [-0.15, -0.1) is 0 Å². The first kappa shape index (κ1) is 14.7. The number of amides is 1. The molecule has 100 valence electrons. The number of hydrogen-bond acceptors (Lipinski definition) is 4. The van der Waals surface area contributed by atoms with Crippen molar-refractivity contribution in [1.29, 1.82) is 0 Å². The normalized spacial score (nSPS) is 11.3. The highest BCUT2D eigenvalue weighted by Crippen LogP contribution is 2.19. The highest BCUT2D eigenvalue weighted by molar-refractivity contribution is 7.92. The molecule has 0 unspecified atom stereocenters. The number of carbonyl (C=O) groups is 1. The molecule has 0 saturated carbocycles. The van der Waals surface area contributed by atoms with Gasteiger partial charge in [0.15, 0.2) is 9.84 Å². The molecule has 0 aromatic heterocycles. The monoisotopic (exact) mass is 270 g/mol. The van der Waals surface area contributed by atoms with Gasteiger partial charge in [-0.1, -0.05) is 18.2 Å². The minimum absolute atomic E-state index is 0.0268. The van der Waals surface area contributed by atoms with Crippen LogP contribution >= 0.6 is 0 Å². The maximum absolute atomic E-state index is 11.7. The minimum atomic E-state index is -3.41. The van der Waals surface area contributed by atoms with Gasteiger partial charge in [0.2, 0.25) is 5.91 Å². The van der Waals surface area contributed by atoms with E-state index in [4.69, 9.17) is 5.73 Å². The molecular weight excluding hydrogens is 252 g/mol. The number of sulfone groups is 1. The van der Waals surface area contributed by atoms with E-state index in [1.165, 1.54) is 0 Å². The Bertz CT molecular complexity index is 518. The average Bonchev–Trinajstić information content (AvgIpc) is 2.22. The van der Waals surface area contributed by atoms with E-state index in [1.807, 2.05) is 32.0 Å². The molecule has 6 heteroatoms. The summed E-state index contributed by atoms with van der Waals surface area (Å²) < 4.78 is 22.9. The van der Waals surface area contributed by atoms with E-state index in [0.29, 0.717) is 5.69 Å². The molecule has 0 bridgehead atoms. The summed E-state index contributed by atoms with van der Waals surface area (Å²) in [6, 6.07) is 5.60. The van der Waals surface area contributed by atoms with E-state index in [2.05, 4.69) is 5.32 Å². The van der Waals surface area contributed by atoms with E-state index < -0.39 is 21.5 Å². The van der Waals surface area contributed by atoms with Crippen LogP contribution in [0.4, 0.5) is 5.69 Å². The first-order valence-electron chi connectivity index (χ1n) is 5.62. The van der Waals surface area contributed by atoms with Gasteiger partial charge in [0, 0.05) is 12.2 Å². The molecule has 1 aromatic rings. The number of benzene rings is 1. The molecule has 0 aliphatic heterocycles. The van der Waals surface area contributed by atoms with Crippen molar-refractivity contribution in [2.24, 2.45) is 5.73 Å². The van der Waals surface area contributed by atoms with Crippen molar-refractivity contribution < 1.29 is 13.2 Å². The third kappa shape index (κ3) is 4.12. The van der Waals surface area contributed by atoms with Crippen molar-refractivity contribution in [3.8, 4) is 0 Å². The predicted molar refractivity (Wildman–Crippen MR) is 72.3 cm³/mol. The molecule has 0 spiro atoms. The molecule has 0 heterocycles. The van der Waals surface area contributed by atoms with Gasteiger partial charge < -0.3 is 11.1 Å². The molecule has 0 atom stereocenters. The Morgan fingerprint density at radius 1 is 1.28 bits per heavy atom. The van der Waals surface area contributed by atoms with E-state index in [0.717, 1.165) is 11.1 Å². The van der Waals surface area contributed by atoms with Gasteiger partial charge in [0.25, 0.3) is 0 Å². The van der Waals surface area contributed by atoms with Gasteiger partial charge in [-0.05, 0) is 25.0 Å². The van der Waals surface area contributed by atoms with Gasteiger partial charge in [-0.2, -0.15) is 0 Å². The fraction of sp³-hybridized carbons (Fsp3) is 0.417.